The number of alkyl halides is 3. The van der Waals surface area contributed by atoms with Crippen molar-refractivity contribution in [2.24, 2.45) is 0 Å². The summed E-state index contributed by atoms with van der Waals surface area (Å²) in [5, 5.41) is 3.28. The smallest absolute Gasteiger partial charge is 0.405 e. The van der Waals surface area contributed by atoms with Crippen molar-refractivity contribution in [3.8, 4) is 5.75 Å². The van der Waals surface area contributed by atoms with Crippen LogP contribution in [0.25, 0.3) is 0 Å². The zero-order valence-corrected chi connectivity index (χ0v) is 13.3. The first-order chi connectivity index (χ1) is 9.85. The summed E-state index contributed by atoms with van der Waals surface area (Å²) >= 11 is 3.10. The predicted molar refractivity (Wildman–Crippen MR) is 78.2 cm³/mol. The monoisotopic (exact) mass is 366 g/mol. The van der Waals surface area contributed by atoms with Crippen molar-refractivity contribution in [3.63, 3.8) is 0 Å². The Kier molecular flexibility index (Phi) is 5.51. The third-order valence-electron chi connectivity index (χ3n) is 3.36. The van der Waals surface area contributed by atoms with Crippen molar-refractivity contribution in [2.45, 2.75) is 31.8 Å². The number of hydrogen-bond donors (Lipinski definition) is 1. The first kappa shape index (κ1) is 16.6. The molecule has 3 nitrogen and oxygen atoms in total. The molecule has 2 rings (SSSR count). The van der Waals surface area contributed by atoms with Crippen molar-refractivity contribution in [1.82, 2.24) is 10.2 Å². The van der Waals surface area contributed by atoms with Crippen LogP contribution in [-0.2, 0) is 6.54 Å². The van der Waals surface area contributed by atoms with Gasteiger partial charge in [0.1, 0.15) is 5.75 Å². The van der Waals surface area contributed by atoms with Gasteiger partial charge in [-0.1, -0.05) is 6.07 Å². The quantitative estimate of drug-likeness (QED) is 0.747. The van der Waals surface area contributed by atoms with Gasteiger partial charge in [-0.05, 0) is 53.5 Å². The van der Waals surface area contributed by atoms with Crippen LogP contribution in [0, 0.1) is 0 Å². The van der Waals surface area contributed by atoms with Crippen LogP contribution in [0.4, 0.5) is 13.2 Å². The molecule has 0 amide bonds. The van der Waals surface area contributed by atoms with Crippen LogP contribution in [0.1, 0.15) is 18.4 Å². The van der Waals surface area contributed by atoms with Crippen molar-refractivity contribution in [2.75, 3.05) is 20.1 Å². The van der Waals surface area contributed by atoms with Crippen molar-refractivity contribution in [1.29, 1.82) is 0 Å². The van der Waals surface area contributed by atoms with Gasteiger partial charge in [0.25, 0.3) is 0 Å². The van der Waals surface area contributed by atoms with E-state index in [2.05, 4.69) is 37.9 Å². The number of hydrogen-bond acceptors (Lipinski definition) is 3. The summed E-state index contributed by atoms with van der Waals surface area (Å²) in [6.07, 6.45) is -2.11. The molecule has 0 heterocycles. The molecule has 1 saturated carbocycles. The van der Waals surface area contributed by atoms with Gasteiger partial charge in [-0.25, -0.2) is 0 Å². The summed E-state index contributed by atoms with van der Waals surface area (Å²) in [5.41, 5.74) is 0.908. The number of nitrogens with one attached hydrogen (secondary N) is 1. The highest BCUT2D eigenvalue weighted by Gasteiger charge is 2.31. The Morgan fingerprint density at radius 2 is 2.10 bits per heavy atom. The molecule has 0 aliphatic heterocycles. The molecule has 0 bridgehead atoms. The first-order valence-corrected chi connectivity index (χ1v) is 7.59. The van der Waals surface area contributed by atoms with E-state index in [0.717, 1.165) is 24.7 Å². The topological polar surface area (TPSA) is 24.5 Å². The Hall–Kier alpha value is -0.790. The largest absolute Gasteiger partial charge is 0.573 e. The molecule has 1 N–H and O–H groups in total. The molecule has 118 valence electrons. The van der Waals surface area contributed by atoms with E-state index in [1.807, 2.05) is 0 Å². The zero-order chi connectivity index (χ0) is 15.5. The van der Waals surface area contributed by atoms with Gasteiger partial charge >= 0.3 is 6.36 Å². The summed E-state index contributed by atoms with van der Waals surface area (Å²) in [4.78, 5) is 2.32. The minimum absolute atomic E-state index is 0.222. The number of likely N-dealkylation sites (N-methyl/N-ethyl adjacent to an activating group) is 1. The Labute approximate surface area is 130 Å². The van der Waals surface area contributed by atoms with Gasteiger partial charge in [0.05, 0.1) is 4.47 Å². The van der Waals surface area contributed by atoms with Crippen LogP contribution in [0.3, 0.4) is 0 Å². The van der Waals surface area contributed by atoms with Crippen molar-refractivity contribution < 1.29 is 17.9 Å². The van der Waals surface area contributed by atoms with E-state index < -0.39 is 6.36 Å². The molecule has 0 saturated heterocycles. The molecule has 1 aromatic carbocycles. The van der Waals surface area contributed by atoms with E-state index in [0.29, 0.717) is 11.0 Å². The summed E-state index contributed by atoms with van der Waals surface area (Å²) in [6.45, 7) is 2.44. The molecule has 21 heavy (non-hydrogen) atoms. The number of halogens is 4. The second kappa shape index (κ2) is 6.98. The molecule has 0 atom stereocenters. The van der Waals surface area contributed by atoms with Crippen LogP contribution in [0.5, 0.6) is 5.75 Å². The molecule has 1 aliphatic carbocycles. The first-order valence-electron chi connectivity index (χ1n) is 6.80. The Morgan fingerprint density at radius 3 is 2.67 bits per heavy atom. The van der Waals surface area contributed by atoms with Crippen LogP contribution in [-0.4, -0.2) is 37.4 Å². The lowest BCUT2D eigenvalue weighted by Crippen LogP contribution is -2.30. The van der Waals surface area contributed by atoms with Crippen molar-refractivity contribution >= 4 is 15.9 Å². The maximum absolute atomic E-state index is 12.2. The normalized spacial score (nSPS) is 15.5. The van der Waals surface area contributed by atoms with Gasteiger partial charge in [0.2, 0.25) is 0 Å². The Bertz CT molecular complexity index is 478. The zero-order valence-electron chi connectivity index (χ0n) is 11.7. The number of ether oxygens (including phenoxy) is 1. The van der Waals surface area contributed by atoms with Crippen LogP contribution in [0.2, 0.25) is 0 Å². The Morgan fingerprint density at radius 1 is 1.38 bits per heavy atom. The third-order valence-corrected chi connectivity index (χ3v) is 3.98. The SMILES string of the molecule is CN(CCNCc1ccc(OC(F)(F)F)c(Br)c1)C1CC1. The highest BCUT2D eigenvalue weighted by atomic mass is 79.9. The van der Waals surface area contributed by atoms with Gasteiger partial charge in [-0.3, -0.25) is 0 Å². The molecule has 0 radical (unpaired) electrons. The maximum Gasteiger partial charge on any atom is 0.573 e. The summed E-state index contributed by atoms with van der Waals surface area (Å²) < 4.78 is 40.7. The summed E-state index contributed by atoms with van der Waals surface area (Å²) in [6, 6.07) is 5.33. The van der Waals surface area contributed by atoms with Crippen LogP contribution < -0.4 is 10.1 Å². The molecular formula is C14H18BrF3N2O. The van der Waals surface area contributed by atoms with E-state index >= 15 is 0 Å². The van der Waals surface area contributed by atoms with Crippen LogP contribution >= 0.6 is 15.9 Å². The van der Waals surface area contributed by atoms with Crippen molar-refractivity contribution in [3.05, 3.63) is 28.2 Å². The second-order valence-electron chi connectivity index (χ2n) is 5.20. The lowest BCUT2D eigenvalue weighted by atomic mass is 10.2. The molecular weight excluding hydrogens is 349 g/mol. The van der Waals surface area contributed by atoms with Gasteiger partial charge in [-0.2, -0.15) is 0 Å². The summed E-state index contributed by atoms with van der Waals surface area (Å²) in [7, 11) is 2.11. The van der Waals surface area contributed by atoms with E-state index in [9.17, 15) is 13.2 Å². The molecule has 1 fully saturated rings. The lowest BCUT2D eigenvalue weighted by Gasteiger charge is -2.16. The molecule has 0 unspecified atom stereocenters. The molecule has 7 heteroatoms. The predicted octanol–water partition coefficient (Wildman–Crippen LogP) is 3.53. The maximum atomic E-state index is 12.2. The molecule has 1 aliphatic rings. The van der Waals surface area contributed by atoms with Gasteiger partial charge in [0, 0.05) is 25.7 Å². The fourth-order valence-electron chi connectivity index (χ4n) is 2.05. The fraction of sp³-hybridized carbons (Fsp3) is 0.571. The number of benzene rings is 1. The highest BCUT2D eigenvalue weighted by molar-refractivity contribution is 9.10. The van der Waals surface area contributed by atoms with E-state index in [4.69, 9.17) is 0 Å². The average molecular weight is 367 g/mol. The van der Waals surface area contributed by atoms with Gasteiger partial charge in [0.15, 0.2) is 0 Å². The average Bonchev–Trinajstić information content (AvgIpc) is 3.20. The summed E-state index contributed by atoms with van der Waals surface area (Å²) in [5.74, 6) is -0.222. The third kappa shape index (κ3) is 5.84. The Balaban J connectivity index is 1.77. The van der Waals surface area contributed by atoms with E-state index in [1.54, 1.807) is 12.1 Å². The van der Waals surface area contributed by atoms with Gasteiger partial charge in [-0.15, -0.1) is 13.2 Å². The van der Waals surface area contributed by atoms with E-state index in [-0.39, 0.29) is 5.75 Å². The molecule has 0 spiro atoms. The van der Waals surface area contributed by atoms with Crippen LogP contribution in [0.15, 0.2) is 22.7 Å². The lowest BCUT2D eigenvalue weighted by molar-refractivity contribution is -0.274. The second-order valence-corrected chi connectivity index (χ2v) is 6.06. The minimum atomic E-state index is -4.67. The molecule has 1 aromatic rings. The van der Waals surface area contributed by atoms with Gasteiger partial charge < -0.3 is 15.0 Å². The number of rotatable bonds is 7. The highest BCUT2D eigenvalue weighted by Crippen LogP contribution is 2.31. The standard InChI is InChI=1S/C14H18BrF3N2O/c1-20(11-3-4-11)7-6-19-9-10-2-5-13(12(15)8-10)21-14(16,17)18/h2,5,8,11,19H,3-4,6-7,9H2,1H3. The number of nitrogens with zero attached hydrogens (tertiary/aromatic N) is 1. The minimum Gasteiger partial charge on any atom is -0.405 e. The fourth-order valence-corrected chi connectivity index (χ4v) is 2.55. The molecule has 0 aromatic heterocycles. The van der Waals surface area contributed by atoms with E-state index in [1.165, 1.54) is 18.9 Å².